The summed E-state index contributed by atoms with van der Waals surface area (Å²) < 4.78 is 32.5. The number of carbonyl (C=O) groups excluding carboxylic acids is 2. The number of alkyl carbamates (subject to hydrolysis) is 1. The summed E-state index contributed by atoms with van der Waals surface area (Å²) in [4.78, 5) is 25.9. The van der Waals surface area contributed by atoms with E-state index in [-0.39, 0.29) is 22.6 Å². The Morgan fingerprint density at radius 2 is 1.96 bits per heavy atom. The van der Waals surface area contributed by atoms with E-state index in [1.807, 2.05) is 0 Å². The van der Waals surface area contributed by atoms with Crippen molar-refractivity contribution in [2.24, 2.45) is 0 Å². The maximum absolute atomic E-state index is 13.9. The molecular weight excluding hydrogens is 398 g/mol. The number of ether oxygens (including phenoxy) is 1. The Kier molecular flexibility index (Phi) is 6.03. The van der Waals surface area contributed by atoms with Gasteiger partial charge in [0.05, 0.1) is 10.0 Å². The van der Waals surface area contributed by atoms with Gasteiger partial charge in [-0.3, -0.25) is 4.79 Å². The molecule has 1 atom stereocenters. The quantitative estimate of drug-likeness (QED) is 0.741. The molecule has 8 heteroatoms. The maximum Gasteiger partial charge on any atom is 0.407 e. The smallest absolute Gasteiger partial charge is 0.407 e. The van der Waals surface area contributed by atoms with E-state index in [2.05, 4.69) is 21.2 Å². The van der Waals surface area contributed by atoms with E-state index in [1.165, 1.54) is 4.90 Å². The fraction of sp³-hybridized carbons (Fsp3) is 0.529. The lowest BCUT2D eigenvalue weighted by Crippen LogP contribution is -2.50. The number of halogens is 3. The van der Waals surface area contributed by atoms with Crippen LogP contribution in [0.3, 0.4) is 0 Å². The highest BCUT2D eigenvalue weighted by Gasteiger charge is 2.28. The van der Waals surface area contributed by atoms with Gasteiger partial charge in [0.2, 0.25) is 0 Å². The second-order valence-electron chi connectivity index (χ2n) is 6.98. The molecular formula is C17H21BrF2N2O3. The third kappa shape index (κ3) is 5.39. The van der Waals surface area contributed by atoms with Gasteiger partial charge in [-0.25, -0.2) is 13.6 Å². The number of hydrogen-bond donors (Lipinski definition) is 1. The van der Waals surface area contributed by atoms with Crippen LogP contribution in [0.5, 0.6) is 0 Å². The number of nitrogens with one attached hydrogen (secondary N) is 1. The van der Waals surface area contributed by atoms with Gasteiger partial charge in [0.1, 0.15) is 17.2 Å². The van der Waals surface area contributed by atoms with Gasteiger partial charge in [-0.05, 0) is 55.6 Å². The Hall–Kier alpha value is -1.70. The van der Waals surface area contributed by atoms with Crippen LogP contribution in [0.2, 0.25) is 0 Å². The molecule has 1 saturated heterocycles. The average molecular weight is 419 g/mol. The predicted molar refractivity (Wildman–Crippen MR) is 92.4 cm³/mol. The lowest BCUT2D eigenvalue weighted by molar-refractivity contribution is 0.0451. The number of amides is 2. The Balaban J connectivity index is 2.04. The molecule has 25 heavy (non-hydrogen) atoms. The third-order valence-electron chi connectivity index (χ3n) is 3.67. The van der Waals surface area contributed by atoms with Crippen molar-refractivity contribution < 1.29 is 23.1 Å². The SMILES string of the molecule is CC(C)(C)OC(=O)NC1CCCN(C(=O)c2cc(Br)c(F)cc2F)C1. The molecule has 0 bridgehead atoms. The summed E-state index contributed by atoms with van der Waals surface area (Å²) in [6, 6.07) is 1.54. The number of carbonyl (C=O) groups is 2. The normalized spacial score (nSPS) is 18.0. The zero-order valence-corrected chi connectivity index (χ0v) is 16.0. The first-order valence-electron chi connectivity index (χ1n) is 8.00. The van der Waals surface area contributed by atoms with E-state index in [4.69, 9.17) is 4.74 Å². The van der Waals surface area contributed by atoms with Gasteiger partial charge in [-0.2, -0.15) is 0 Å². The van der Waals surface area contributed by atoms with Gasteiger partial charge >= 0.3 is 6.09 Å². The van der Waals surface area contributed by atoms with Gasteiger partial charge < -0.3 is 15.0 Å². The molecule has 1 fully saturated rings. The van der Waals surface area contributed by atoms with E-state index in [1.54, 1.807) is 20.8 Å². The van der Waals surface area contributed by atoms with Crippen molar-refractivity contribution >= 4 is 27.9 Å². The van der Waals surface area contributed by atoms with Crippen molar-refractivity contribution in [2.45, 2.75) is 45.3 Å². The number of benzene rings is 1. The van der Waals surface area contributed by atoms with Crippen molar-refractivity contribution in [2.75, 3.05) is 13.1 Å². The van der Waals surface area contributed by atoms with Crippen LogP contribution in [-0.4, -0.2) is 41.6 Å². The van der Waals surface area contributed by atoms with Crippen LogP contribution in [0.25, 0.3) is 0 Å². The minimum Gasteiger partial charge on any atom is -0.444 e. The first-order chi connectivity index (χ1) is 11.6. The molecule has 1 aromatic rings. The molecule has 1 aliphatic heterocycles. The predicted octanol–water partition coefficient (Wildman–Crippen LogP) is 3.86. The number of hydrogen-bond acceptors (Lipinski definition) is 3. The molecule has 1 aromatic carbocycles. The van der Waals surface area contributed by atoms with Crippen LogP contribution in [-0.2, 0) is 4.74 Å². The highest BCUT2D eigenvalue weighted by atomic mass is 79.9. The minimum atomic E-state index is -0.909. The highest BCUT2D eigenvalue weighted by Crippen LogP contribution is 2.22. The van der Waals surface area contributed by atoms with Crippen LogP contribution in [0.15, 0.2) is 16.6 Å². The molecule has 1 unspecified atom stereocenters. The van der Waals surface area contributed by atoms with Crippen molar-refractivity contribution in [3.05, 3.63) is 33.8 Å². The Bertz CT molecular complexity index is 677. The monoisotopic (exact) mass is 418 g/mol. The third-order valence-corrected chi connectivity index (χ3v) is 4.28. The van der Waals surface area contributed by atoms with Crippen LogP contribution >= 0.6 is 15.9 Å². The van der Waals surface area contributed by atoms with E-state index >= 15 is 0 Å². The first-order valence-corrected chi connectivity index (χ1v) is 8.79. The standard InChI is InChI=1S/C17H21BrF2N2O3/c1-17(2,3)25-16(24)21-10-5-4-6-22(9-10)15(23)11-7-12(18)14(20)8-13(11)19/h7-8,10H,4-6,9H2,1-3H3,(H,21,24). The molecule has 1 aliphatic rings. The molecule has 0 saturated carbocycles. The van der Waals surface area contributed by atoms with Gasteiger partial charge in [0.15, 0.2) is 0 Å². The fourth-order valence-corrected chi connectivity index (χ4v) is 2.95. The number of piperidine rings is 1. The molecule has 0 spiro atoms. The van der Waals surface area contributed by atoms with Gasteiger partial charge in [0, 0.05) is 25.2 Å². The van der Waals surface area contributed by atoms with E-state index < -0.39 is 29.2 Å². The maximum atomic E-state index is 13.9. The summed E-state index contributed by atoms with van der Waals surface area (Å²) in [6.45, 7) is 5.97. The number of rotatable bonds is 2. The fourth-order valence-electron chi connectivity index (χ4n) is 2.61. The molecule has 0 aromatic heterocycles. The Labute approximate surface area is 153 Å². The highest BCUT2D eigenvalue weighted by molar-refractivity contribution is 9.10. The topological polar surface area (TPSA) is 58.6 Å². The minimum absolute atomic E-state index is 0.0256. The molecule has 5 nitrogen and oxygen atoms in total. The van der Waals surface area contributed by atoms with E-state index in [0.717, 1.165) is 6.07 Å². The van der Waals surface area contributed by atoms with Crippen LogP contribution < -0.4 is 5.32 Å². The average Bonchev–Trinajstić information content (AvgIpc) is 2.48. The largest absolute Gasteiger partial charge is 0.444 e. The van der Waals surface area contributed by atoms with Crippen molar-refractivity contribution in [3.63, 3.8) is 0 Å². The zero-order valence-electron chi connectivity index (χ0n) is 14.4. The summed E-state index contributed by atoms with van der Waals surface area (Å²) in [7, 11) is 0. The molecule has 2 rings (SSSR count). The molecule has 0 radical (unpaired) electrons. The lowest BCUT2D eigenvalue weighted by atomic mass is 10.0. The Morgan fingerprint density at radius 3 is 2.60 bits per heavy atom. The zero-order chi connectivity index (χ0) is 18.8. The second-order valence-corrected chi connectivity index (χ2v) is 7.84. The van der Waals surface area contributed by atoms with E-state index in [0.29, 0.717) is 25.5 Å². The summed E-state index contributed by atoms with van der Waals surface area (Å²) >= 11 is 2.96. The van der Waals surface area contributed by atoms with Crippen molar-refractivity contribution in [1.82, 2.24) is 10.2 Å². The van der Waals surface area contributed by atoms with E-state index in [9.17, 15) is 18.4 Å². The van der Waals surface area contributed by atoms with Crippen LogP contribution in [0, 0.1) is 11.6 Å². The van der Waals surface area contributed by atoms with Gasteiger partial charge in [-0.15, -0.1) is 0 Å². The Morgan fingerprint density at radius 1 is 1.28 bits per heavy atom. The summed E-state index contributed by atoms with van der Waals surface area (Å²) in [5.74, 6) is -2.21. The summed E-state index contributed by atoms with van der Waals surface area (Å²) in [5.41, 5.74) is -0.816. The molecule has 1 heterocycles. The molecule has 2 amide bonds. The number of nitrogens with zero attached hydrogens (tertiary/aromatic N) is 1. The molecule has 1 N–H and O–H groups in total. The molecule has 138 valence electrons. The van der Waals surface area contributed by atoms with Crippen LogP contribution in [0.1, 0.15) is 44.0 Å². The van der Waals surface area contributed by atoms with Crippen molar-refractivity contribution in [1.29, 1.82) is 0 Å². The molecule has 0 aliphatic carbocycles. The summed E-state index contributed by atoms with van der Waals surface area (Å²) in [6.07, 6.45) is 0.803. The van der Waals surface area contributed by atoms with Crippen LogP contribution in [0.4, 0.5) is 13.6 Å². The van der Waals surface area contributed by atoms with Crippen molar-refractivity contribution in [3.8, 4) is 0 Å². The second kappa shape index (κ2) is 7.68. The lowest BCUT2D eigenvalue weighted by Gasteiger charge is -2.33. The first kappa shape index (κ1) is 19.6. The summed E-state index contributed by atoms with van der Waals surface area (Å²) in [5, 5.41) is 2.73. The number of likely N-dealkylation sites (tertiary alicyclic amines) is 1. The van der Waals surface area contributed by atoms with Gasteiger partial charge in [0.25, 0.3) is 5.91 Å². The van der Waals surface area contributed by atoms with Gasteiger partial charge in [-0.1, -0.05) is 0 Å².